The van der Waals surface area contributed by atoms with Crippen LogP contribution in [0.2, 0.25) is 0 Å². The molecule has 21 heteroatoms. The molecule has 354 valence electrons. The number of aromatic carboxylic acids is 1. The summed E-state index contributed by atoms with van der Waals surface area (Å²) in [5.74, 6) is -1.86. The van der Waals surface area contributed by atoms with Crippen molar-refractivity contribution in [1.82, 2.24) is 20.0 Å². The summed E-state index contributed by atoms with van der Waals surface area (Å²) in [5.41, 5.74) is -0.476. The number of amides is 4. The lowest BCUT2D eigenvalue weighted by molar-refractivity contribution is -0.138. The number of nitrogens with zero attached hydrogens (tertiary/aromatic N) is 8. The van der Waals surface area contributed by atoms with Gasteiger partial charge in [0.1, 0.15) is 0 Å². The Hall–Kier alpha value is -8.59. The number of allylic oxidation sites excluding steroid dienone is 2. The van der Waals surface area contributed by atoms with Gasteiger partial charge in [-0.15, -0.1) is 10.2 Å². The zero-order valence-corrected chi connectivity index (χ0v) is 37.5. The van der Waals surface area contributed by atoms with Gasteiger partial charge in [0, 0.05) is 49.1 Å². The maximum absolute atomic E-state index is 13.5. The van der Waals surface area contributed by atoms with Crippen molar-refractivity contribution in [3.8, 4) is 23.6 Å². The van der Waals surface area contributed by atoms with E-state index in [0.29, 0.717) is 16.7 Å². The summed E-state index contributed by atoms with van der Waals surface area (Å²) in [4.78, 5) is 68.7. The predicted octanol–water partition coefficient (Wildman–Crippen LogP) is 10.2. The highest BCUT2D eigenvalue weighted by Crippen LogP contribution is 2.44. The summed E-state index contributed by atoms with van der Waals surface area (Å²) in [6, 6.07) is 17.4. The quantitative estimate of drug-likeness (QED) is 0.145. The molecular formula is C48H38F6N8O7. The van der Waals surface area contributed by atoms with Crippen LogP contribution in [0.5, 0.6) is 0 Å². The molecule has 2 aliphatic rings. The second-order valence-corrected chi connectivity index (χ2v) is 15.7. The first kappa shape index (κ1) is 49.8. The van der Waals surface area contributed by atoms with Gasteiger partial charge in [-0.2, -0.15) is 36.9 Å². The van der Waals surface area contributed by atoms with Crippen LogP contribution < -0.4 is 9.80 Å². The topological polar surface area (TPSA) is 205 Å². The lowest BCUT2D eigenvalue weighted by atomic mass is 9.87. The second kappa shape index (κ2) is 19.0. The molecule has 7 rings (SSSR count). The molecule has 0 fully saturated rings. The zero-order chi connectivity index (χ0) is 51.0. The van der Waals surface area contributed by atoms with Crippen LogP contribution in [0.4, 0.5) is 47.3 Å². The number of carboxylic acid groups (broad SMARTS) is 1. The van der Waals surface area contributed by atoms with Crippen molar-refractivity contribution >= 4 is 41.0 Å². The molecule has 5 aromatic rings. The van der Waals surface area contributed by atoms with Crippen LogP contribution in [-0.2, 0) is 21.9 Å². The summed E-state index contributed by atoms with van der Waals surface area (Å²) < 4.78 is 85.2. The molecular weight excluding hydrogens is 915 g/mol. The molecule has 0 spiro atoms. The lowest BCUT2D eigenvalue weighted by Crippen LogP contribution is -2.49. The fourth-order valence-electron chi connectivity index (χ4n) is 8.23. The van der Waals surface area contributed by atoms with E-state index in [0.717, 1.165) is 51.1 Å². The van der Waals surface area contributed by atoms with E-state index in [1.807, 2.05) is 12.1 Å². The third-order valence-corrected chi connectivity index (χ3v) is 11.3. The number of carbonyl (C=O) groups is 5. The van der Waals surface area contributed by atoms with Crippen LogP contribution in [0.1, 0.15) is 89.4 Å². The number of urea groups is 2. The van der Waals surface area contributed by atoms with E-state index < -0.39 is 59.4 Å². The van der Waals surface area contributed by atoms with Crippen LogP contribution >= 0.6 is 0 Å². The smallest absolute Gasteiger partial charge is 0.416 e. The van der Waals surface area contributed by atoms with Gasteiger partial charge in [0.2, 0.25) is 11.8 Å². The molecule has 69 heavy (non-hydrogen) atoms. The van der Waals surface area contributed by atoms with Gasteiger partial charge >= 0.3 is 30.4 Å². The number of halogens is 6. The first-order valence-corrected chi connectivity index (χ1v) is 20.4. The number of likely N-dealkylation sites (N-methyl/N-ethyl adjacent to an activating group) is 2. The van der Waals surface area contributed by atoms with Gasteiger partial charge in [0.25, 0.3) is 0 Å². The maximum Gasteiger partial charge on any atom is 0.416 e. The number of hydrogen-bond acceptors (Lipinski definition) is 10. The molecule has 1 N–H and O–H groups in total. The predicted molar refractivity (Wildman–Crippen MR) is 234 cm³/mol. The number of carbonyl (C=O) groups excluding carboxylic acids is 4. The van der Waals surface area contributed by atoms with Crippen molar-refractivity contribution < 1.29 is 59.8 Å². The number of carboxylic acids is 1. The SMILES string of the molecule is CC(=O)C1=C(C)N(c2cccc(C(F)(F)F)c2)C(=O)N(C)C1c1ccc(C#N)cc1-c1nnc(C)o1.CC(=O)C1=C(C)N(c2cccc(C(F)(F)F)c2)C(=O)N(C)C1c1ccc(C#N)cc1C(=O)O. The molecule has 3 heterocycles. The summed E-state index contributed by atoms with van der Waals surface area (Å²) in [6.07, 6.45) is -9.24. The molecule has 0 bridgehead atoms. The summed E-state index contributed by atoms with van der Waals surface area (Å²) >= 11 is 0. The maximum atomic E-state index is 13.5. The first-order valence-electron chi connectivity index (χ1n) is 20.4. The number of alkyl halides is 6. The van der Waals surface area contributed by atoms with Gasteiger partial charge in [-0.25, -0.2) is 14.4 Å². The van der Waals surface area contributed by atoms with E-state index in [-0.39, 0.29) is 68.2 Å². The Morgan fingerprint density at radius 1 is 0.652 bits per heavy atom. The third kappa shape index (κ3) is 9.66. The molecule has 1 aromatic heterocycles. The Labute approximate surface area is 389 Å². The van der Waals surface area contributed by atoms with Crippen molar-refractivity contribution in [2.45, 2.75) is 59.1 Å². The Kier molecular flexibility index (Phi) is 13.7. The summed E-state index contributed by atoms with van der Waals surface area (Å²) in [5, 5.41) is 36.0. The molecule has 4 aromatic carbocycles. The van der Waals surface area contributed by atoms with Crippen molar-refractivity contribution in [3.05, 3.63) is 152 Å². The summed E-state index contributed by atoms with van der Waals surface area (Å²) in [6.45, 7) is 7.07. The van der Waals surface area contributed by atoms with Gasteiger partial charge < -0.3 is 19.3 Å². The largest absolute Gasteiger partial charge is 0.478 e. The minimum Gasteiger partial charge on any atom is -0.478 e. The van der Waals surface area contributed by atoms with Gasteiger partial charge in [0.15, 0.2) is 11.6 Å². The first-order chi connectivity index (χ1) is 32.3. The minimum atomic E-state index is -4.64. The number of hydrogen-bond donors (Lipinski definition) is 1. The molecule has 4 amide bonds. The zero-order valence-electron chi connectivity index (χ0n) is 37.5. The van der Waals surface area contributed by atoms with Gasteiger partial charge in [-0.3, -0.25) is 19.4 Å². The fraction of sp³-hybridized carbons (Fsp3) is 0.229. The van der Waals surface area contributed by atoms with Crippen LogP contribution in [0.15, 0.2) is 112 Å². The van der Waals surface area contributed by atoms with Crippen LogP contribution in [0.25, 0.3) is 11.5 Å². The van der Waals surface area contributed by atoms with Gasteiger partial charge in [-0.05, 0) is 99.5 Å². The van der Waals surface area contributed by atoms with Crippen LogP contribution in [0, 0.1) is 29.6 Å². The number of benzene rings is 4. The molecule has 2 atom stereocenters. The third-order valence-electron chi connectivity index (χ3n) is 11.3. The Morgan fingerprint density at radius 3 is 1.48 bits per heavy atom. The lowest BCUT2D eigenvalue weighted by Gasteiger charge is -2.41. The average molecular weight is 953 g/mol. The molecule has 0 saturated carbocycles. The number of Topliss-reactive ketones (excluding diaryl/α,β-unsaturated/α-hetero) is 2. The van der Waals surface area contributed by atoms with Gasteiger partial charge in [0.05, 0.1) is 63.4 Å². The van der Waals surface area contributed by atoms with Crippen molar-refractivity contribution in [2.75, 3.05) is 23.9 Å². The van der Waals surface area contributed by atoms with E-state index in [9.17, 15) is 60.7 Å². The van der Waals surface area contributed by atoms with E-state index in [1.165, 1.54) is 89.2 Å². The monoisotopic (exact) mass is 952 g/mol. The number of anilines is 2. The van der Waals surface area contributed by atoms with Crippen LogP contribution in [-0.4, -0.2) is 68.8 Å². The van der Waals surface area contributed by atoms with E-state index in [4.69, 9.17) is 9.68 Å². The summed E-state index contributed by atoms with van der Waals surface area (Å²) in [7, 11) is 2.77. The average Bonchev–Trinajstić information content (AvgIpc) is 3.73. The highest BCUT2D eigenvalue weighted by atomic mass is 19.4. The Bertz CT molecular complexity index is 3110. The number of rotatable bonds is 8. The standard InChI is InChI=1S/C25H20F3N5O3.C23H18F3N3O4/c1-13-21(14(2)34)22(19-9-8-16(12-29)10-20(19)23-31-30-15(3)36-23)32(4)24(35)33(13)18-7-5-6-17(11-18)25(26,27)28;1-12-19(13(2)30)20(17-8-7-14(11-27)9-18(17)21(31)32)28(3)22(33)29(12)16-6-4-5-15(10-16)23(24,25)26/h5-11,22H,1-4H3;4-10,20H,1-3H3,(H,31,32). The van der Waals surface area contributed by atoms with Crippen molar-refractivity contribution in [2.24, 2.45) is 0 Å². The van der Waals surface area contributed by atoms with Gasteiger partial charge in [-0.1, -0.05) is 24.3 Å². The number of aryl methyl sites for hydroxylation is 1. The molecule has 0 radical (unpaired) electrons. The molecule has 0 aliphatic carbocycles. The van der Waals surface area contributed by atoms with Crippen LogP contribution in [0.3, 0.4) is 0 Å². The van der Waals surface area contributed by atoms with Crippen molar-refractivity contribution in [3.63, 3.8) is 0 Å². The number of aromatic nitrogens is 2. The van der Waals surface area contributed by atoms with Crippen molar-refractivity contribution in [1.29, 1.82) is 10.5 Å². The molecule has 2 aliphatic heterocycles. The fourth-order valence-corrected chi connectivity index (χ4v) is 8.23. The molecule has 15 nitrogen and oxygen atoms in total. The van der Waals surface area contributed by atoms with E-state index in [1.54, 1.807) is 13.0 Å². The number of ketones is 2. The molecule has 0 saturated heterocycles. The highest BCUT2D eigenvalue weighted by molar-refractivity contribution is 6.06. The second-order valence-electron chi connectivity index (χ2n) is 15.7. The number of nitriles is 2. The van der Waals surface area contributed by atoms with E-state index >= 15 is 0 Å². The van der Waals surface area contributed by atoms with E-state index in [2.05, 4.69) is 10.2 Å². The highest BCUT2D eigenvalue weighted by Gasteiger charge is 2.43. The minimum absolute atomic E-state index is 0.0241. The molecule has 2 unspecified atom stereocenters. The Morgan fingerprint density at radius 2 is 1.09 bits per heavy atom. The normalized spacial score (nSPS) is 16.5. The Balaban J connectivity index is 0.000000228.